The van der Waals surface area contributed by atoms with Crippen LogP contribution in [0.4, 0.5) is 5.82 Å². The van der Waals surface area contributed by atoms with Gasteiger partial charge in [0.15, 0.2) is 5.82 Å². The maximum atomic E-state index is 12.0. The van der Waals surface area contributed by atoms with E-state index in [0.29, 0.717) is 11.3 Å². The molecular weight excluding hydrogens is 507 g/mol. The van der Waals surface area contributed by atoms with E-state index in [0.717, 1.165) is 0 Å². The van der Waals surface area contributed by atoms with E-state index < -0.39 is 50.7 Å². The Labute approximate surface area is 212 Å². The molecule has 1 aromatic carbocycles. The molecule has 0 spiro atoms. The number of benzene rings is 1. The number of phenolic OH excluding ortho intramolecular Hbond substituents is 1. The van der Waals surface area contributed by atoms with Gasteiger partial charge in [0.05, 0.1) is 12.8 Å². The molecule has 0 saturated carbocycles. The number of anilines is 1. The number of carbonyl (C=O) groups excluding carboxylic acids is 1. The highest BCUT2D eigenvalue weighted by Gasteiger charge is 2.58. The summed E-state index contributed by atoms with van der Waals surface area (Å²) in [6.45, 7) is 0.997. The molecule has 1 unspecified atom stereocenters. The highest BCUT2D eigenvalue weighted by atomic mass is 31.1. The van der Waals surface area contributed by atoms with Gasteiger partial charge >= 0.3 is 14.1 Å². The first-order valence-electron chi connectivity index (χ1n) is 10.9. The minimum absolute atomic E-state index is 0.130. The number of carbonyl (C=O) groups is 1. The quantitative estimate of drug-likeness (QED) is 0.205. The second kappa shape index (κ2) is 12.0. The molecule has 196 valence electrons. The van der Waals surface area contributed by atoms with Gasteiger partial charge in [-0.2, -0.15) is 10.4 Å². The van der Waals surface area contributed by atoms with E-state index in [1.165, 1.54) is 30.9 Å². The molecule has 1 aliphatic heterocycles. The summed E-state index contributed by atoms with van der Waals surface area (Å²) in [7, 11) is -1.33. The molecule has 0 radical (unpaired) electrons. The number of esters is 1. The van der Waals surface area contributed by atoms with E-state index in [-0.39, 0.29) is 11.5 Å². The van der Waals surface area contributed by atoms with Gasteiger partial charge in [0.2, 0.25) is 5.60 Å². The van der Waals surface area contributed by atoms with Crippen LogP contribution >= 0.6 is 8.18 Å². The number of fused-ring (bicyclic) bond motifs is 1. The van der Waals surface area contributed by atoms with Crippen LogP contribution in [0.2, 0.25) is 0 Å². The monoisotopic (exact) mass is 533 g/mol. The molecule has 1 saturated heterocycles. The molecule has 6 N–H and O–H groups in total. The molecule has 6 atom stereocenters. The lowest BCUT2D eigenvalue weighted by Gasteiger charge is -2.24. The number of nitrogens with one attached hydrogen (secondary N) is 1. The number of phenols is 1. The number of aromatic nitrogens is 3. The third kappa shape index (κ3) is 6.00. The Kier molecular flexibility index (Phi) is 9.06. The number of hydrogen-bond donors (Lipinski definition) is 5. The summed E-state index contributed by atoms with van der Waals surface area (Å²) >= 11 is 0. The number of nitrogens with two attached hydrogens (primary N) is 1. The lowest BCUT2D eigenvalue weighted by atomic mass is 9.92. The highest BCUT2D eigenvalue weighted by molar-refractivity contribution is 7.36. The molecule has 0 amide bonds. The van der Waals surface area contributed by atoms with Gasteiger partial charge in [-0.1, -0.05) is 23.3 Å². The minimum Gasteiger partial charge on any atom is -0.508 e. The van der Waals surface area contributed by atoms with Gasteiger partial charge < -0.3 is 30.5 Å². The van der Waals surface area contributed by atoms with Gasteiger partial charge in [-0.25, -0.2) is 9.50 Å². The molecule has 3 aromatic rings. The fourth-order valence-electron chi connectivity index (χ4n) is 3.54. The first-order valence-corrected chi connectivity index (χ1v) is 12.0. The van der Waals surface area contributed by atoms with Crippen molar-refractivity contribution in [2.24, 2.45) is 0 Å². The molecule has 0 bridgehead atoms. The number of methoxy groups -OCH3 is 1. The predicted octanol–water partition coefficient (Wildman–Crippen LogP) is 0.368. The second-order valence-corrected chi connectivity index (χ2v) is 8.89. The van der Waals surface area contributed by atoms with Crippen LogP contribution in [-0.2, 0) is 29.0 Å². The highest BCUT2D eigenvalue weighted by Crippen LogP contribution is 2.41. The van der Waals surface area contributed by atoms with Gasteiger partial charge in [0, 0.05) is 0 Å². The van der Waals surface area contributed by atoms with Crippen molar-refractivity contribution in [3.8, 4) is 11.8 Å². The first kappa shape index (κ1) is 27.9. The summed E-state index contributed by atoms with van der Waals surface area (Å²) < 4.78 is 28.6. The van der Waals surface area contributed by atoms with Crippen LogP contribution in [0.3, 0.4) is 0 Å². The maximum Gasteiger partial charge on any atom is 0.613 e. The SMILES string of the molecule is COC(=O)[C@H](C)N[P+](=O)OC[C@H]1O[C@@](C#N)(c2ccc3c(N)ncnn23)[C@H](O)[C@@H]1O.Oc1ccccc1. The van der Waals surface area contributed by atoms with E-state index in [1.807, 2.05) is 12.1 Å². The Morgan fingerprint density at radius 1 is 1.35 bits per heavy atom. The summed E-state index contributed by atoms with van der Waals surface area (Å²) in [5, 5.41) is 45.9. The van der Waals surface area contributed by atoms with Crippen LogP contribution in [0, 0.1) is 11.3 Å². The van der Waals surface area contributed by atoms with Crippen LogP contribution < -0.4 is 10.8 Å². The fourth-order valence-corrected chi connectivity index (χ4v) is 4.32. The lowest BCUT2D eigenvalue weighted by Crippen LogP contribution is -2.41. The topological polar surface area (TPSA) is 215 Å². The van der Waals surface area contributed by atoms with Crippen molar-refractivity contribution < 1.29 is 38.7 Å². The van der Waals surface area contributed by atoms with E-state index in [9.17, 15) is 24.8 Å². The largest absolute Gasteiger partial charge is 0.613 e. The summed E-state index contributed by atoms with van der Waals surface area (Å²) in [6.07, 6.45) is -3.21. The summed E-state index contributed by atoms with van der Waals surface area (Å²) in [5.74, 6) is -0.165. The van der Waals surface area contributed by atoms with Crippen LogP contribution in [-0.4, -0.2) is 74.0 Å². The fraction of sp³-hybridized carbons (Fsp3) is 0.364. The standard InChI is InChI=1S/C16H20N6O7P.C6H6O/c1-8(15(25)27-2)21-30(26)28-5-10-12(23)13(24)16(6-17,29-10)11-4-3-9-14(18)19-7-20-22(9)11;7-6-4-2-1-3-5-6/h3-4,7-8,10,12-13,23-24H,5H2,1-2H3,(H,21,26)(H2,18,19,20);1-5,7H/q+1;/t8-,10+,12+,13+,16-;/m0./s1. The smallest absolute Gasteiger partial charge is 0.508 e. The number of ether oxygens (including phenoxy) is 2. The second-order valence-electron chi connectivity index (χ2n) is 7.86. The van der Waals surface area contributed by atoms with Gasteiger partial charge in [-0.3, -0.25) is 4.79 Å². The van der Waals surface area contributed by atoms with Gasteiger partial charge in [-0.05, 0) is 35.8 Å². The molecule has 0 aliphatic carbocycles. The number of nitrogen functional groups attached to an aromatic ring is 1. The van der Waals surface area contributed by atoms with Crippen molar-refractivity contribution in [2.75, 3.05) is 19.5 Å². The number of rotatable bonds is 7. The molecule has 4 rings (SSSR count). The number of aliphatic hydroxyl groups is 2. The molecule has 1 aliphatic rings. The Balaban J connectivity index is 0.000000468. The predicted molar refractivity (Wildman–Crippen MR) is 128 cm³/mol. The summed E-state index contributed by atoms with van der Waals surface area (Å²) in [5.41, 5.74) is 4.32. The number of aromatic hydroxyl groups is 1. The normalized spacial score (nSPS) is 24.0. The molecule has 15 heteroatoms. The zero-order valence-electron chi connectivity index (χ0n) is 19.8. The van der Waals surface area contributed by atoms with Gasteiger partial charge in [-0.15, -0.1) is 4.52 Å². The molecule has 14 nitrogen and oxygen atoms in total. The lowest BCUT2D eigenvalue weighted by molar-refractivity contribution is -0.142. The first-order chi connectivity index (χ1) is 17.6. The van der Waals surface area contributed by atoms with Crippen molar-refractivity contribution in [1.29, 1.82) is 5.26 Å². The van der Waals surface area contributed by atoms with E-state index in [4.69, 9.17) is 20.1 Å². The van der Waals surface area contributed by atoms with Gasteiger partial charge in [0.25, 0.3) is 0 Å². The van der Waals surface area contributed by atoms with Crippen molar-refractivity contribution in [3.63, 3.8) is 0 Å². The molecule has 1 fully saturated rings. The average Bonchev–Trinajstić information content (AvgIpc) is 3.44. The van der Waals surface area contributed by atoms with E-state index in [1.54, 1.807) is 30.3 Å². The molecule has 2 aromatic heterocycles. The number of aliphatic hydroxyl groups excluding tert-OH is 2. The minimum atomic E-state index is -2.52. The number of para-hydroxylation sites is 1. The third-order valence-electron chi connectivity index (χ3n) is 5.45. The van der Waals surface area contributed by atoms with Crippen LogP contribution in [0.15, 0.2) is 48.8 Å². The van der Waals surface area contributed by atoms with Crippen LogP contribution in [0.25, 0.3) is 5.52 Å². The number of nitriles is 1. The van der Waals surface area contributed by atoms with E-state index in [2.05, 4.69) is 19.9 Å². The van der Waals surface area contributed by atoms with Gasteiger partial charge in [0.1, 0.15) is 54.6 Å². The molecule has 37 heavy (non-hydrogen) atoms. The maximum absolute atomic E-state index is 12.0. The van der Waals surface area contributed by atoms with E-state index >= 15 is 0 Å². The summed E-state index contributed by atoms with van der Waals surface area (Å²) in [4.78, 5) is 15.2. The Hall–Kier alpha value is -3.70. The van der Waals surface area contributed by atoms with Crippen molar-refractivity contribution in [1.82, 2.24) is 19.7 Å². The van der Waals surface area contributed by atoms with Crippen molar-refractivity contribution >= 4 is 25.5 Å². The van der Waals surface area contributed by atoms with Crippen molar-refractivity contribution in [2.45, 2.75) is 36.9 Å². The third-order valence-corrected chi connectivity index (χ3v) is 6.43. The molecular formula is C22H26N6O8P+. The zero-order valence-corrected chi connectivity index (χ0v) is 20.7. The Bertz CT molecular complexity index is 1290. The Morgan fingerprint density at radius 3 is 2.65 bits per heavy atom. The number of nitrogens with zero attached hydrogens (tertiary/aromatic N) is 4. The zero-order chi connectivity index (χ0) is 27.2. The molecule has 3 heterocycles. The summed E-state index contributed by atoms with van der Waals surface area (Å²) in [6, 6.07) is 12.7. The average molecular weight is 533 g/mol. The Morgan fingerprint density at radius 2 is 2.05 bits per heavy atom. The number of hydrogen-bond acceptors (Lipinski definition) is 12. The van der Waals surface area contributed by atoms with Crippen LogP contribution in [0.5, 0.6) is 5.75 Å². The van der Waals surface area contributed by atoms with Crippen molar-refractivity contribution in [3.05, 3.63) is 54.5 Å². The van der Waals surface area contributed by atoms with Crippen LogP contribution in [0.1, 0.15) is 12.6 Å².